The van der Waals surface area contributed by atoms with Crippen molar-refractivity contribution in [3.05, 3.63) is 29.3 Å². The van der Waals surface area contributed by atoms with Crippen LogP contribution in [0.3, 0.4) is 0 Å². The number of nitrogens with one attached hydrogen (secondary N) is 2. The molecule has 13 heavy (non-hydrogen) atoms. The Labute approximate surface area is 77.1 Å². The zero-order valence-electron chi connectivity index (χ0n) is 7.55. The van der Waals surface area contributed by atoms with Gasteiger partial charge in [0.1, 0.15) is 0 Å². The minimum Gasteiger partial charge on any atom is -0.385 e. The Balaban J connectivity index is 2.34. The third-order valence-corrected chi connectivity index (χ3v) is 2.17. The van der Waals surface area contributed by atoms with Crippen molar-refractivity contribution in [3.8, 4) is 0 Å². The fraction of sp³-hybridized carbons (Fsp3) is 0.300. The van der Waals surface area contributed by atoms with E-state index in [4.69, 9.17) is 0 Å². The molecular formula is C10H12N2O. The molecule has 0 atom stereocenters. The van der Waals surface area contributed by atoms with E-state index in [1.807, 2.05) is 18.2 Å². The molecule has 0 fully saturated rings. The van der Waals surface area contributed by atoms with Crippen LogP contribution in [0.25, 0.3) is 0 Å². The fourth-order valence-corrected chi connectivity index (χ4v) is 1.55. The maximum absolute atomic E-state index is 11.2. The standard InChI is InChI=1S/C10H12N2O/c1-2-11-8-3-4-9-7(5-8)6-12-10(9)13/h3-5,11H,2,6H2,1H3,(H,12,13). The molecule has 68 valence electrons. The summed E-state index contributed by atoms with van der Waals surface area (Å²) in [4.78, 5) is 11.2. The van der Waals surface area contributed by atoms with Gasteiger partial charge in [0.2, 0.25) is 0 Å². The Morgan fingerprint density at radius 2 is 2.38 bits per heavy atom. The van der Waals surface area contributed by atoms with Crippen molar-refractivity contribution >= 4 is 11.6 Å². The summed E-state index contributed by atoms with van der Waals surface area (Å²) < 4.78 is 0. The molecule has 3 heteroatoms. The first-order chi connectivity index (χ1) is 6.31. The number of carbonyl (C=O) groups is 1. The molecule has 1 amide bonds. The Morgan fingerprint density at radius 3 is 3.15 bits per heavy atom. The van der Waals surface area contributed by atoms with Crippen molar-refractivity contribution in [2.24, 2.45) is 0 Å². The Bertz CT molecular complexity index is 347. The van der Waals surface area contributed by atoms with Crippen LogP contribution in [0, 0.1) is 0 Å². The molecule has 0 unspecified atom stereocenters. The predicted octanol–water partition coefficient (Wildman–Crippen LogP) is 1.36. The second kappa shape index (κ2) is 3.09. The molecule has 1 aromatic rings. The van der Waals surface area contributed by atoms with Crippen LogP contribution in [0.5, 0.6) is 0 Å². The molecule has 0 spiro atoms. The molecule has 0 aromatic heterocycles. The molecule has 1 aromatic carbocycles. The quantitative estimate of drug-likeness (QED) is 0.714. The van der Waals surface area contributed by atoms with E-state index < -0.39 is 0 Å². The molecule has 0 radical (unpaired) electrons. The molecule has 0 bridgehead atoms. The van der Waals surface area contributed by atoms with Gasteiger partial charge < -0.3 is 10.6 Å². The van der Waals surface area contributed by atoms with Crippen molar-refractivity contribution in [1.29, 1.82) is 0 Å². The number of rotatable bonds is 2. The van der Waals surface area contributed by atoms with Crippen LogP contribution in [-0.4, -0.2) is 12.5 Å². The van der Waals surface area contributed by atoms with E-state index in [-0.39, 0.29) is 5.91 Å². The molecule has 0 saturated carbocycles. The number of anilines is 1. The summed E-state index contributed by atoms with van der Waals surface area (Å²) in [6.07, 6.45) is 0. The molecule has 1 heterocycles. The van der Waals surface area contributed by atoms with Crippen molar-refractivity contribution in [3.63, 3.8) is 0 Å². The van der Waals surface area contributed by atoms with Crippen LogP contribution in [-0.2, 0) is 6.54 Å². The lowest BCUT2D eigenvalue weighted by Gasteiger charge is -2.03. The number of amides is 1. The van der Waals surface area contributed by atoms with E-state index in [1.54, 1.807) is 0 Å². The van der Waals surface area contributed by atoms with Crippen LogP contribution in [0.4, 0.5) is 5.69 Å². The number of carbonyl (C=O) groups excluding carboxylic acids is 1. The van der Waals surface area contributed by atoms with Gasteiger partial charge in [-0.15, -0.1) is 0 Å². The maximum atomic E-state index is 11.2. The van der Waals surface area contributed by atoms with Gasteiger partial charge in [0.05, 0.1) is 0 Å². The summed E-state index contributed by atoms with van der Waals surface area (Å²) in [7, 11) is 0. The minimum absolute atomic E-state index is 0.0399. The first-order valence-electron chi connectivity index (χ1n) is 4.46. The van der Waals surface area contributed by atoms with Crippen LogP contribution in [0.1, 0.15) is 22.8 Å². The van der Waals surface area contributed by atoms with Gasteiger partial charge in [0, 0.05) is 24.3 Å². The topological polar surface area (TPSA) is 41.1 Å². The Morgan fingerprint density at radius 1 is 1.54 bits per heavy atom. The zero-order valence-corrected chi connectivity index (χ0v) is 7.55. The van der Waals surface area contributed by atoms with Gasteiger partial charge in [-0.2, -0.15) is 0 Å². The van der Waals surface area contributed by atoms with Gasteiger partial charge in [-0.3, -0.25) is 4.79 Å². The van der Waals surface area contributed by atoms with E-state index in [0.717, 1.165) is 23.4 Å². The Hall–Kier alpha value is -1.51. The van der Waals surface area contributed by atoms with E-state index in [9.17, 15) is 4.79 Å². The fourth-order valence-electron chi connectivity index (χ4n) is 1.55. The summed E-state index contributed by atoms with van der Waals surface area (Å²) >= 11 is 0. The highest BCUT2D eigenvalue weighted by molar-refractivity contribution is 5.98. The molecule has 3 nitrogen and oxygen atoms in total. The number of benzene rings is 1. The Kier molecular flexibility index (Phi) is 1.93. The number of hydrogen-bond donors (Lipinski definition) is 2. The van der Waals surface area contributed by atoms with Crippen molar-refractivity contribution < 1.29 is 4.79 Å². The van der Waals surface area contributed by atoms with Crippen LogP contribution >= 0.6 is 0 Å². The smallest absolute Gasteiger partial charge is 0.251 e. The second-order valence-corrected chi connectivity index (χ2v) is 3.08. The molecule has 0 saturated heterocycles. The first kappa shape index (κ1) is 8.10. The molecule has 0 aliphatic carbocycles. The largest absolute Gasteiger partial charge is 0.385 e. The minimum atomic E-state index is 0.0399. The van der Waals surface area contributed by atoms with Crippen LogP contribution in [0.2, 0.25) is 0 Å². The molecule has 2 rings (SSSR count). The molecular weight excluding hydrogens is 164 g/mol. The van der Waals surface area contributed by atoms with E-state index >= 15 is 0 Å². The highest BCUT2D eigenvalue weighted by Gasteiger charge is 2.17. The predicted molar refractivity (Wildman–Crippen MR) is 51.8 cm³/mol. The van der Waals surface area contributed by atoms with Crippen molar-refractivity contribution in [2.45, 2.75) is 13.5 Å². The van der Waals surface area contributed by atoms with Gasteiger partial charge in [-0.05, 0) is 30.7 Å². The van der Waals surface area contributed by atoms with E-state index in [1.165, 1.54) is 0 Å². The average Bonchev–Trinajstić information content (AvgIpc) is 2.48. The van der Waals surface area contributed by atoms with Gasteiger partial charge >= 0.3 is 0 Å². The van der Waals surface area contributed by atoms with E-state index in [0.29, 0.717) is 6.54 Å². The van der Waals surface area contributed by atoms with Gasteiger partial charge in [-0.25, -0.2) is 0 Å². The number of hydrogen-bond acceptors (Lipinski definition) is 2. The van der Waals surface area contributed by atoms with Crippen LogP contribution < -0.4 is 10.6 Å². The maximum Gasteiger partial charge on any atom is 0.251 e. The van der Waals surface area contributed by atoms with Gasteiger partial charge in [0.15, 0.2) is 0 Å². The normalized spacial score (nSPS) is 13.8. The third-order valence-electron chi connectivity index (χ3n) is 2.17. The highest BCUT2D eigenvalue weighted by Crippen LogP contribution is 2.19. The van der Waals surface area contributed by atoms with Crippen LogP contribution in [0.15, 0.2) is 18.2 Å². The summed E-state index contributed by atoms with van der Waals surface area (Å²) in [5.41, 5.74) is 2.97. The average molecular weight is 176 g/mol. The van der Waals surface area contributed by atoms with Gasteiger partial charge in [-0.1, -0.05) is 0 Å². The second-order valence-electron chi connectivity index (χ2n) is 3.08. The van der Waals surface area contributed by atoms with E-state index in [2.05, 4.69) is 17.6 Å². The summed E-state index contributed by atoms with van der Waals surface area (Å²) in [5.74, 6) is 0.0399. The lowest BCUT2D eigenvalue weighted by atomic mass is 10.1. The molecule has 1 aliphatic rings. The SMILES string of the molecule is CCNc1ccc2c(c1)CNC2=O. The molecule has 2 N–H and O–H groups in total. The summed E-state index contributed by atoms with van der Waals surface area (Å²) in [6.45, 7) is 3.62. The summed E-state index contributed by atoms with van der Waals surface area (Å²) in [6, 6.07) is 5.83. The summed E-state index contributed by atoms with van der Waals surface area (Å²) in [5, 5.41) is 6.00. The lowest BCUT2D eigenvalue weighted by molar-refractivity contribution is 0.0966. The lowest BCUT2D eigenvalue weighted by Crippen LogP contribution is -2.12. The zero-order chi connectivity index (χ0) is 9.26. The van der Waals surface area contributed by atoms with Crippen molar-refractivity contribution in [1.82, 2.24) is 5.32 Å². The monoisotopic (exact) mass is 176 g/mol. The number of fused-ring (bicyclic) bond motifs is 1. The first-order valence-corrected chi connectivity index (χ1v) is 4.46. The highest BCUT2D eigenvalue weighted by atomic mass is 16.1. The molecule has 1 aliphatic heterocycles. The third kappa shape index (κ3) is 1.37. The van der Waals surface area contributed by atoms with Crippen molar-refractivity contribution in [2.75, 3.05) is 11.9 Å². The van der Waals surface area contributed by atoms with Gasteiger partial charge in [0.25, 0.3) is 5.91 Å².